The summed E-state index contributed by atoms with van der Waals surface area (Å²) in [6, 6.07) is 12.6. The molecule has 2 aromatic heterocycles. The number of aryl methyl sites for hydroxylation is 1. The van der Waals surface area contributed by atoms with Gasteiger partial charge in [0.1, 0.15) is 5.82 Å². The number of para-hydroxylation sites is 2. The van der Waals surface area contributed by atoms with Gasteiger partial charge in [-0.2, -0.15) is 0 Å². The van der Waals surface area contributed by atoms with Gasteiger partial charge in [0.15, 0.2) is 0 Å². The normalized spacial score (nSPS) is 22.7. The maximum Gasteiger partial charge on any atom is 0.121 e. The van der Waals surface area contributed by atoms with Gasteiger partial charge in [0.05, 0.1) is 28.8 Å². The van der Waals surface area contributed by atoms with Gasteiger partial charge in [-0.05, 0) is 81.2 Å². The number of nitrogens with zero attached hydrogens (tertiary/aromatic N) is 3. The first-order valence-corrected chi connectivity index (χ1v) is 11.0. The number of benzene rings is 1. The van der Waals surface area contributed by atoms with Crippen LogP contribution in [0.5, 0.6) is 0 Å². The summed E-state index contributed by atoms with van der Waals surface area (Å²) in [7, 11) is 0. The summed E-state index contributed by atoms with van der Waals surface area (Å²) in [6.07, 6.45) is 9.11. The lowest BCUT2D eigenvalue weighted by atomic mass is 9.79. The van der Waals surface area contributed by atoms with E-state index in [1.54, 1.807) is 0 Å². The van der Waals surface area contributed by atoms with Crippen molar-refractivity contribution in [2.45, 2.75) is 57.5 Å². The Balaban J connectivity index is 1.48. The van der Waals surface area contributed by atoms with E-state index in [1.807, 2.05) is 12.3 Å². The molecule has 0 aliphatic heterocycles. The third kappa shape index (κ3) is 3.47. The topological polar surface area (TPSA) is 70.8 Å². The molecule has 0 amide bonds. The molecule has 5 nitrogen and oxygen atoms in total. The van der Waals surface area contributed by atoms with Crippen LogP contribution in [0.1, 0.15) is 56.1 Å². The number of aromatic nitrogens is 3. The highest BCUT2D eigenvalue weighted by Gasteiger charge is 2.44. The van der Waals surface area contributed by atoms with Crippen molar-refractivity contribution in [3.05, 3.63) is 59.7 Å². The molecular weight excluding hydrogens is 358 g/mol. The van der Waals surface area contributed by atoms with Gasteiger partial charge in [-0.15, -0.1) is 0 Å². The zero-order valence-electron chi connectivity index (χ0n) is 17.3. The van der Waals surface area contributed by atoms with Gasteiger partial charge in [0, 0.05) is 12.7 Å². The number of nitrogens with one attached hydrogen (secondary N) is 1. The number of pyridine rings is 1. The zero-order valence-corrected chi connectivity index (χ0v) is 17.3. The van der Waals surface area contributed by atoms with E-state index in [0.29, 0.717) is 5.41 Å². The van der Waals surface area contributed by atoms with Crippen LogP contribution in [-0.4, -0.2) is 32.9 Å². The summed E-state index contributed by atoms with van der Waals surface area (Å²) < 4.78 is 0. The van der Waals surface area contributed by atoms with Crippen molar-refractivity contribution < 1.29 is 0 Å². The van der Waals surface area contributed by atoms with Crippen molar-refractivity contribution in [3.63, 3.8) is 0 Å². The van der Waals surface area contributed by atoms with Crippen molar-refractivity contribution in [2.75, 3.05) is 13.1 Å². The predicted octanol–water partition coefficient (Wildman–Crippen LogP) is 4.14. The van der Waals surface area contributed by atoms with Crippen LogP contribution in [0.25, 0.3) is 11.0 Å². The Bertz CT molecular complexity index is 972. The largest absolute Gasteiger partial charge is 0.341 e. The molecule has 1 aromatic carbocycles. The van der Waals surface area contributed by atoms with Gasteiger partial charge >= 0.3 is 0 Å². The summed E-state index contributed by atoms with van der Waals surface area (Å²) in [5.74, 6) is 1.04. The Morgan fingerprint density at radius 1 is 1.14 bits per heavy atom. The Labute approximate surface area is 172 Å². The van der Waals surface area contributed by atoms with E-state index in [1.165, 1.54) is 30.5 Å². The minimum absolute atomic E-state index is 0.0709. The van der Waals surface area contributed by atoms with Crippen LogP contribution in [0, 0.1) is 5.41 Å². The quantitative estimate of drug-likeness (QED) is 0.637. The highest BCUT2D eigenvalue weighted by molar-refractivity contribution is 5.74. The highest BCUT2D eigenvalue weighted by atomic mass is 15.2. The fourth-order valence-corrected chi connectivity index (χ4v) is 5.04. The zero-order chi connectivity index (χ0) is 19.9. The smallest absolute Gasteiger partial charge is 0.121 e. The van der Waals surface area contributed by atoms with Crippen molar-refractivity contribution in [1.82, 2.24) is 19.9 Å². The molecule has 5 heteroatoms. The van der Waals surface area contributed by atoms with E-state index >= 15 is 0 Å². The van der Waals surface area contributed by atoms with E-state index in [-0.39, 0.29) is 5.54 Å². The molecule has 3 aromatic rings. The number of rotatable bonds is 7. The van der Waals surface area contributed by atoms with Crippen LogP contribution >= 0.6 is 0 Å². The molecule has 2 aliphatic rings. The number of fused-ring (bicyclic) bond motifs is 2. The molecule has 1 atom stereocenters. The first-order chi connectivity index (χ1) is 14.1. The summed E-state index contributed by atoms with van der Waals surface area (Å²) >= 11 is 0. The van der Waals surface area contributed by atoms with Crippen molar-refractivity contribution in [2.24, 2.45) is 11.1 Å². The van der Waals surface area contributed by atoms with Gasteiger partial charge in [0.25, 0.3) is 0 Å². The second-order valence-electron chi connectivity index (χ2n) is 9.21. The first-order valence-electron chi connectivity index (χ1n) is 11.0. The van der Waals surface area contributed by atoms with Crippen LogP contribution in [0.15, 0.2) is 42.6 Å². The monoisotopic (exact) mass is 389 g/mol. The molecule has 1 saturated carbocycles. The summed E-state index contributed by atoms with van der Waals surface area (Å²) in [4.78, 5) is 15.9. The van der Waals surface area contributed by atoms with Crippen LogP contribution in [0.2, 0.25) is 0 Å². The molecule has 2 aliphatic carbocycles. The first kappa shape index (κ1) is 18.8. The van der Waals surface area contributed by atoms with E-state index in [2.05, 4.69) is 47.1 Å². The molecule has 0 spiro atoms. The minimum atomic E-state index is -0.0709. The van der Waals surface area contributed by atoms with Crippen molar-refractivity contribution in [3.8, 4) is 0 Å². The maximum atomic E-state index is 6.10. The lowest BCUT2D eigenvalue weighted by Gasteiger charge is -2.44. The number of hydrogen-bond acceptors (Lipinski definition) is 4. The second-order valence-corrected chi connectivity index (χ2v) is 9.21. The third-order valence-corrected chi connectivity index (χ3v) is 7.29. The summed E-state index contributed by atoms with van der Waals surface area (Å²) in [5, 5.41) is 0. The van der Waals surface area contributed by atoms with Gasteiger partial charge in [-0.1, -0.05) is 18.2 Å². The van der Waals surface area contributed by atoms with Crippen LogP contribution in [-0.2, 0) is 18.5 Å². The number of aromatic amines is 1. The van der Waals surface area contributed by atoms with E-state index in [0.717, 1.165) is 55.8 Å². The van der Waals surface area contributed by atoms with Crippen LogP contribution in [0.4, 0.5) is 0 Å². The second kappa shape index (κ2) is 7.22. The summed E-state index contributed by atoms with van der Waals surface area (Å²) in [5.41, 5.74) is 11.2. The Kier molecular flexibility index (Phi) is 4.67. The number of imidazole rings is 1. The molecule has 2 heterocycles. The van der Waals surface area contributed by atoms with Gasteiger partial charge in [0.2, 0.25) is 0 Å². The maximum absolute atomic E-state index is 6.10. The number of H-pyrrole nitrogens is 1. The van der Waals surface area contributed by atoms with Crippen LogP contribution in [0.3, 0.4) is 0 Å². The predicted molar refractivity (Wildman–Crippen MR) is 116 cm³/mol. The molecular formula is C24H31N5. The summed E-state index contributed by atoms with van der Waals surface area (Å²) in [6.45, 7) is 5.02. The lowest BCUT2D eigenvalue weighted by Crippen LogP contribution is -2.47. The van der Waals surface area contributed by atoms with Gasteiger partial charge in [-0.25, -0.2) is 4.98 Å². The minimum Gasteiger partial charge on any atom is -0.341 e. The molecule has 3 N–H and O–H groups in total. The highest BCUT2D eigenvalue weighted by Crippen LogP contribution is 2.49. The van der Waals surface area contributed by atoms with E-state index < -0.39 is 0 Å². The van der Waals surface area contributed by atoms with Gasteiger partial charge in [-0.3, -0.25) is 9.88 Å². The molecule has 0 bridgehead atoms. The average molecular weight is 390 g/mol. The fraction of sp³-hybridized carbons (Fsp3) is 0.500. The Morgan fingerprint density at radius 3 is 2.79 bits per heavy atom. The van der Waals surface area contributed by atoms with Crippen molar-refractivity contribution >= 4 is 11.0 Å². The molecule has 5 rings (SSSR count). The fourth-order valence-electron chi connectivity index (χ4n) is 5.04. The average Bonchev–Trinajstić information content (AvgIpc) is 3.42. The SMILES string of the molecule is CC1(N(CCC2(CN)CC2)Cc2nc3ccccc3[nH]2)CCCc2cccnc21. The number of nitrogens with two attached hydrogens (primary N) is 1. The third-order valence-electron chi connectivity index (χ3n) is 7.29. The lowest BCUT2D eigenvalue weighted by molar-refractivity contribution is 0.0610. The molecule has 0 radical (unpaired) electrons. The molecule has 0 saturated heterocycles. The van der Waals surface area contributed by atoms with Crippen LogP contribution < -0.4 is 5.73 Å². The Morgan fingerprint density at radius 2 is 2.00 bits per heavy atom. The standard InChI is InChI=1S/C24H31N5/c1-23(10-4-6-18-7-5-14-26-22(18)23)29(15-13-24(17-25)11-12-24)16-21-27-19-8-2-3-9-20(19)28-21/h2-3,5,7-9,14H,4,6,10-13,15-17,25H2,1H3,(H,27,28). The number of hydrogen-bond donors (Lipinski definition) is 2. The molecule has 1 fully saturated rings. The van der Waals surface area contributed by atoms with Crippen molar-refractivity contribution in [1.29, 1.82) is 0 Å². The van der Waals surface area contributed by atoms with Gasteiger partial charge < -0.3 is 10.7 Å². The molecule has 1 unspecified atom stereocenters. The molecule has 29 heavy (non-hydrogen) atoms. The Hall–Kier alpha value is -2.24. The van der Waals surface area contributed by atoms with E-state index in [4.69, 9.17) is 15.7 Å². The van der Waals surface area contributed by atoms with E-state index in [9.17, 15) is 0 Å². The molecule has 152 valence electrons.